The van der Waals surface area contributed by atoms with E-state index in [0.29, 0.717) is 6.04 Å². The maximum absolute atomic E-state index is 5.52. The minimum absolute atomic E-state index is 0.698. The number of halogens is 1. The second-order valence-corrected chi connectivity index (χ2v) is 5.61. The number of hydrogen-bond acceptors (Lipinski definition) is 2. The van der Waals surface area contributed by atoms with Gasteiger partial charge in [-0.2, -0.15) is 0 Å². The SMILES string of the molecule is CC1CCC(NCc2ccc(I)o2)CC1. The second-order valence-electron chi connectivity index (χ2n) is 4.54. The van der Waals surface area contributed by atoms with Crippen molar-refractivity contribution < 1.29 is 4.42 Å². The molecule has 0 bridgehead atoms. The van der Waals surface area contributed by atoms with Crippen molar-refractivity contribution in [3.63, 3.8) is 0 Å². The summed E-state index contributed by atoms with van der Waals surface area (Å²) in [5.74, 6) is 1.98. The highest BCUT2D eigenvalue weighted by atomic mass is 127. The molecule has 1 aliphatic rings. The van der Waals surface area contributed by atoms with E-state index in [0.717, 1.165) is 22.0 Å². The third kappa shape index (κ3) is 3.48. The zero-order valence-corrected chi connectivity index (χ0v) is 11.3. The number of hydrogen-bond donors (Lipinski definition) is 1. The van der Waals surface area contributed by atoms with Crippen molar-refractivity contribution in [3.05, 3.63) is 21.7 Å². The molecule has 0 unspecified atom stereocenters. The van der Waals surface area contributed by atoms with Crippen molar-refractivity contribution in [2.45, 2.75) is 45.2 Å². The van der Waals surface area contributed by atoms with Gasteiger partial charge in [0.2, 0.25) is 0 Å². The van der Waals surface area contributed by atoms with Gasteiger partial charge in [-0.05, 0) is 66.3 Å². The first-order valence-electron chi connectivity index (χ1n) is 5.71. The third-order valence-electron chi connectivity index (χ3n) is 3.21. The molecule has 1 saturated carbocycles. The lowest BCUT2D eigenvalue weighted by molar-refractivity contribution is 0.299. The van der Waals surface area contributed by atoms with E-state index in [4.69, 9.17) is 4.42 Å². The number of rotatable bonds is 3. The summed E-state index contributed by atoms with van der Waals surface area (Å²) < 4.78 is 6.49. The Labute approximate surface area is 105 Å². The zero-order valence-electron chi connectivity index (χ0n) is 9.13. The summed E-state index contributed by atoms with van der Waals surface area (Å²) >= 11 is 2.20. The first-order chi connectivity index (χ1) is 7.24. The van der Waals surface area contributed by atoms with Crippen molar-refractivity contribution in [2.24, 2.45) is 5.92 Å². The monoisotopic (exact) mass is 319 g/mol. The van der Waals surface area contributed by atoms with Crippen LogP contribution in [0.5, 0.6) is 0 Å². The Morgan fingerprint density at radius 3 is 2.67 bits per heavy atom. The van der Waals surface area contributed by atoms with Crippen LogP contribution in [0, 0.1) is 9.68 Å². The molecule has 15 heavy (non-hydrogen) atoms. The summed E-state index contributed by atoms with van der Waals surface area (Å²) in [5.41, 5.74) is 0. The van der Waals surface area contributed by atoms with Crippen molar-refractivity contribution >= 4 is 22.6 Å². The Morgan fingerprint density at radius 1 is 1.33 bits per heavy atom. The van der Waals surface area contributed by atoms with Crippen LogP contribution in [-0.4, -0.2) is 6.04 Å². The minimum Gasteiger partial charge on any atom is -0.454 e. The van der Waals surface area contributed by atoms with Gasteiger partial charge in [0.1, 0.15) is 5.76 Å². The molecule has 0 aliphatic heterocycles. The van der Waals surface area contributed by atoms with E-state index in [1.165, 1.54) is 25.7 Å². The first-order valence-corrected chi connectivity index (χ1v) is 6.79. The molecule has 0 spiro atoms. The van der Waals surface area contributed by atoms with Gasteiger partial charge in [-0.15, -0.1) is 0 Å². The first kappa shape index (κ1) is 11.5. The van der Waals surface area contributed by atoms with Crippen molar-refractivity contribution in [1.29, 1.82) is 0 Å². The maximum Gasteiger partial charge on any atom is 0.164 e. The van der Waals surface area contributed by atoms with E-state index in [1.807, 2.05) is 6.07 Å². The van der Waals surface area contributed by atoms with E-state index in [2.05, 4.69) is 40.9 Å². The summed E-state index contributed by atoms with van der Waals surface area (Å²) in [5, 5.41) is 3.57. The molecule has 2 nitrogen and oxygen atoms in total. The van der Waals surface area contributed by atoms with Crippen LogP contribution in [0.15, 0.2) is 16.5 Å². The quantitative estimate of drug-likeness (QED) is 0.862. The summed E-state index contributed by atoms with van der Waals surface area (Å²) in [7, 11) is 0. The fraction of sp³-hybridized carbons (Fsp3) is 0.667. The zero-order chi connectivity index (χ0) is 10.7. The molecule has 1 aliphatic carbocycles. The van der Waals surface area contributed by atoms with Crippen molar-refractivity contribution in [1.82, 2.24) is 5.32 Å². The van der Waals surface area contributed by atoms with Gasteiger partial charge in [0, 0.05) is 6.04 Å². The van der Waals surface area contributed by atoms with Gasteiger partial charge in [0.05, 0.1) is 6.54 Å². The molecular weight excluding hydrogens is 301 g/mol. The average molecular weight is 319 g/mol. The van der Waals surface area contributed by atoms with Gasteiger partial charge in [-0.25, -0.2) is 0 Å². The molecule has 0 atom stereocenters. The Hall–Kier alpha value is -0.0300. The van der Waals surface area contributed by atoms with E-state index in [1.54, 1.807) is 0 Å². The molecule has 84 valence electrons. The van der Waals surface area contributed by atoms with Gasteiger partial charge < -0.3 is 9.73 Å². The van der Waals surface area contributed by atoms with Gasteiger partial charge in [0.25, 0.3) is 0 Å². The highest BCUT2D eigenvalue weighted by molar-refractivity contribution is 14.1. The normalized spacial score (nSPS) is 26.8. The lowest BCUT2D eigenvalue weighted by Gasteiger charge is -2.26. The highest BCUT2D eigenvalue weighted by Crippen LogP contribution is 2.23. The number of furan rings is 1. The largest absolute Gasteiger partial charge is 0.454 e. The van der Waals surface area contributed by atoms with Crippen LogP contribution in [0.3, 0.4) is 0 Å². The Morgan fingerprint density at radius 2 is 2.07 bits per heavy atom. The standard InChI is InChI=1S/C12H18INO/c1-9-2-4-10(5-3-9)14-8-11-6-7-12(13)15-11/h6-7,9-10,14H,2-5,8H2,1H3. The van der Waals surface area contributed by atoms with Gasteiger partial charge >= 0.3 is 0 Å². The van der Waals surface area contributed by atoms with Crippen LogP contribution in [0.25, 0.3) is 0 Å². The van der Waals surface area contributed by atoms with E-state index >= 15 is 0 Å². The van der Waals surface area contributed by atoms with E-state index < -0.39 is 0 Å². The van der Waals surface area contributed by atoms with Crippen LogP contribution < -0.4 is 5.32 Å². The van der Waals surface area contributed by atoms with Gasteiger partial charge in [0.15, 0.2) is 3.77 Å². The van der Waals surface area contributed by atoms with Crippen LogP contribution in [0.1, 0.15) is 38.4 Å². The third-order valence-corrected chi connectivity index (χ3v) is 3.79. The number of nitrogens with one attached hydrogen (secondary N) is 1. The molecule has 1 aromatic heterocycles. The Balaban J connectivity index is 1.74. The van der Waals surface area contributed by atoms with Crippen LogP contribution >= 0.6 is 22.6 Å². The minimum atomic E-state index is 0.698. The highest BCUT2D eigenvalue weighted by Gasteiger charge is 2.17. The molecule has 0 radical (unpaired) electrons. The molecule has 3 heteroatoms. The predicted molar refractivity (Wildman–Crippen MR) is 69.7 cm³/mol. The van der Waals surface area contributed by atoms with Gasteiger partial charge in [-0.3, -0.25) is 0 Å². The molecule has 1 aromatic rings. The molecular formula is C12H18INO. The predicted octanol–water partition coefficient (Wildman–Crippen LogP) is 3.55. The molecule has 0 aromatic carbocycles. The summed E-state index contributed by atoms with van der Waals surface area (Å²) in [6.07, 6.45) is 5.37. The van der Waals surface area contributed by atoms with Crippen LogP contribution in [-0.2, 0) is 6.54 Å². The molecule has 2 rings (SSSR count). The smallest absolute Gasteiger partial charge is 0.164 e. The molecule has 1 heterocycles. The van der Waals surface area contributed by atoms with Crippen LogP contribution in [0.2, 0.25) is 0 Å². The topological polar surface area (TPSA) is 25.2 Å². The van der Waals surface area contributed by atoms with Crippen LogP contribution in [0.4, 0.5) is 0 Å². The van der Waals surface area contributed by atoms with Crippen molar-refractivity contribution in [3.8, 4) is 0 Å². The van der Waals surface area contributed by atoms with Gasteiger partial charge in [-0.1, -0.05) is 6.92 Å². The summed E-state index contributed by atoms with van der Waals surface area (Å²) in [6, 6.07) is 4.77. The Bertz CT molecular complexity index is 302. The lowest BCUT2D eigenvalue weighted by Crippen LogP contribution is -2.32. The molecule has 1 fully saturated rings. The van der Waals surface area contributed by atoms with Crippen molar-refractivity contribution in [2.75, 3.05) is 0 Å². The van der Waals surface area contributed by atoms with E-state index in [-0.39, 0.29) is 0 Å². The summed E-state index contributed by atoms with van der Waals surface area (Å²) in [4.78, 5) is 0. The molecule has 1 N–H and O–H groups in total. The molecule has 0 amide bonds. The average Bonchev–Trinajstić information content (AvgIpc) is 2.64. The molecule has 0 saturated heterocycles. The lowest BCUT2D eigenvalue weighted by atomic mass is 9.87. The fourth-order valence-electron chi connectivity index (χ4n) is 2.16. The Kier molecular flexibility index (Phi) is 4.08. The summed E-state index contributed by atoms with van der Waals surface area (Å²) in [6.45, 7) is 3.23. The fourth-order valence-corrected chi connectivity index (χ4v) is 2.62. The maximum atomic E-state index is 5.52. The van der Waals surface area contributed by atoms with E-state index in [9.17, 15) is 0 Å². The second kappa shape index (κ2) is 5.34.